The van der Waals surface area contributed by atoms with Crippen molar-refractivity contribution in [1.82, 2.24) is 25.5 Å². The van der Waals surface area contributed by atoms with Crippen molar-refractivity contribution in [3.8, 4) is 28.3 Å². The van der Waals surface area contributed by atoms with Crippen molar-refractivity contribution in [1.29, 1.82) is 0 Å². The Hall–Kier alpha value is -3.78. The maximum Gasteiger partial charge on any atom is 0.248 e. The molecule has 3 N–H and O–H groups in total. The molecule has 1 amide bonds. The first-order valence-electron chi connectivity index (χ1n) is 13.0. The highest BCUT2D eigenvalue weighted by atomic mass is 16.5. The summed E-state index contributed by atoms with van der Waals surface area (Å²) in [6.45, 7) is 1.49. The Balaban J connectivity index is 1.29. The molecule has 3 aromatic heterocycles. The Kier molecular flexibility index (Phi) is 6.12. The molecule has 3 atom stereocenters. The number of amides is 1. The topological polar surface area (TPSA) is 113 Å². The van der Waals surface area contributed by atoms with Gasteiger partial charge in [0.1, 0.15) is 28.8 Å². The van der Waals surface area contributed by atoms with Gasteiger partial charge in [-0.3, -0.25) is 14.9 Å². The molecule has 0 spiro atoms. The van der Waals surface area contributed by atoms with Gasteiger partial charge in [-0.25, -0.2) is 4.98 Å². The molecule has 3 heterocycles. The molecule has 1 fully saturated rings. The van der Waals surface area contributed by atoms with Crippen molar-refractivity contribution >= 4 is 16.9 Å². The lowest BCUT2D eigenvalue weighted by molar-refractivity contribution is -0.129. The van der Waals surface area contributed by atoms with Gasteiger partial charge in [-0.1, -0.05) is 18.2 Å². The number of methoxy groups -OCH3 is 1. The summed E-state index contributed by atoms with van der Waals surface area (Å²) < 4.78 is 5.74. The van der Waals surface area contributed by atoms with Gasteiger partial charge in [0, 0.05) is 41.0 Å². The number of hydrogen-bond donors (Lipinski definition) is 3. The van der Waals surface area contributed by atoms with Crippen LogP contribution in [0.2, 0.25) is 0 Å². The van der Waals surface area contributed by atoms with Crippen LogP contribution in [0, 0.1) is 0 Å². The Morgan fingerprint density at radius 1 is 1.19 bits per heavy atom. The number of benzene rings is 1. The van der Waals surface area contributed by atoms with Crippen molar-refractivity contribution in [2.75, 3.05) is 7.11 Å². The molecule has 37 heavy (non-hydrogen) atoms. The standard InChI is InChI=1S/C29H31N5O3/c1-16(35)29(36)31-20-11-9-18(13-20)23-12-10-19(15-30-23)26-28-24(33-34-26)14-25(37-2)27(32-28)22-8-4-6-17-5-3-7-21(17)22/h4,6,8,10,12,14-16,18,20,35H,3,5,7,9,11,13H2,1-2H3,(H,31,36)(H,33,34)/t16-,18?,20?/m0/s1. The predicted octanol–water partition coefficient (Wildman–Crippen LogP) is 4.32. The van der Waals surface area contributed by atoms with Crippen LogP contribution >= 0.6 is 0 Å². The van der Waals surface area contributed by atoms with Crippen LogP contribution in [0.15, 0.2) is 42.6 Å². The molecule has 2 unspecified atom stereocenters. The van der Waals surface area contributed by atoms with Gasteiger partial charge < -0.3 is 15.2 Å². The van der Waals surface area contributed by atoms with E-state index < -0.39 is 6.10 Å². The zero-order chi connectivity index (χ0) is 25.5. The minimum Gasteiger partial charge on any atom is -0.494 e. The number of nitrogens with zero attached hydrogens (tertiary/aromatic N) is 3. The van der Waals surface area contributed by atoms with Crippen molar-refractivity contribution in [3.63, 3.8) is 0 Å². The molecule has 0 aliphatic heterocycles. The van der Waals surface area contributed by atoms with Crippen LogP contribution in [0.3, 0.4) is 0 Å². The van der Waals surface area contributed by atoms with Gasteiger partial charge in [0.05, 0.1) is 12.6 Å². The fourth-order valence-corrected chi connectivity index (χ4v) is 5.81. The Morgan fingerprint density at radius 2 is 2.08 bits per heavy atom. The first kappa shape index (κ1) is 23.6. The summed E-state index contributed by atoms with van der Waals surface area (Å²) in [4.78, 5) is 21.7. The van der Waals surface area contributed by atoms with Crippen molar-refractivity contribution in [3.05, 3.63) is 59.4 Å². The highest BCUT2D eigenvalue weighted by Gasteiger charge is 2.29. The Morgan fingerprint density at radius 3 is 2.86 bits per heavy atom. The molecular weight excluding hydrogens is 466 g/mol. The lowest BCUT2D eigenvalue weighted by Gasteiger charge is -2.14. The van der Waals surface area contributed by atoms with Crippen LogP contribution in [0.4, 0.5) is 0 Å². The molecule has 2 aliphatic rings. The van der Waals surface area contributed by atoms with E-state index >= 15 is 0 Å². The second-order valence-corrected chi connectivity index (χ2v) is 10.2. The molecule has 1 aromatic carbocycles. The quantitative estimate of drug-likeness (QED) is 0.366. The van der Waals surface area contributed by atoms with Crippen molar-refractivity contribution in [2.24, 2.45) is 0 Å². The van der Waals surface area contributed by atoms with E-state index in [2.05, 4.69) is 33.7 Å². The molecule has 190 valence electrons. The van der Waals surface area contributed by atoms with E-state index in [0.717, 1.165) is 77.1 Å². The summed E-state index contributed by atoms with van der Waals surface area (Å²) in [5.74, 6) is 0.691. The normalized spacial score (nSPS) is 19.6. The first-order valence-corrected chi connectivity index (χ1v) is 13.0. The van der Waals surface area contributed by atoms with Gasteiger partial charge in [0.15, 0.2) is 0 Å². The van der Waals surface area contributed by atoms with Gasteiger partial charge in [0.2, 0.25) is 5.91 Å². The third-order valence-electron chi connectivity index (χ3n) is 7.76. The van der Waals surface area contributed by atoms with Gasteiger partial charge >= 0.3 is 0 Å². The number of pyridine rings is 2. The molecule has 1 saturated carbocycles. The summed E-state index contributed by atoms with van der Waals surface area (Å²) in [5.41, 5.74) is 9.02. The van der Waals surface area contributed by atoms with Gasteiger partial charge in [-0.2, -0.15) is 5.10 Å². The number of aryl methyl sites for hydroxylation is 1. The summed E-state index contributed by atoms with van der Waals surface area (Å²) in [5, 5.41) is 20.1. The highest BCUT2D eigenvalue weighted by molar-refractivity contribution is 5.93. The number of nitrogens with one attached hydrogen (secondary N) is 2. The summed E-state index contributed by atoms with van der Waals surface area (Å²) >= 11 is 0. The summed E-state index contributed by atoms with van der Waals surface area (Å²) in [6.07, 6.45) is 6.86. The Labute approximate surface area is 215 Å². The van der Waals surface area contributed by atoms with Crippen molar-refractivity contribution in [2.45, 2.75) is 63.5 Å². The summed E-state index contributed by atoms with van der Waals surface area (Å²) in [7, 11) is 1.68. The molecule has 6 rings (SSSR count). The second kappa shape index (κ2) is 9.59. The van der Waals surface area contributed by atoms with Gasteiger partial charge in [0.25, 0.3) is 0 Å². The maximum atomic E-state index is 11.8. The minimum atomic E-state index is -0.989. The monoisotopic (exact) mass is 497 g/mol. The number of fused-ring (bicyclic) bond motifs is 2. The fourth-order valence-electron chi connectivity index (χ4n) is 5.81. The van der Waals surface area contributed by atoms with E-state index in [1.165, 1.54) is 24.5 Å². The number of rotatable bonds is 6. The number of carbonyl (C=O) groups is 1. The molecule has 8 nitrogen and oxygen atoms in total. The number of aliphatic hydroxyl groups excluding tert-OH is 1. The SMILES string of the molecule is COc1cc2[nH]nc(-c3ccc(C4CCC(NC(=O)[C@H](C)O)C4)nc3)c2nc1-c1cccc2c1CCC2. The number of H-pyrrole nitrogens is 1. The molecule has 4 aromatic rings. The third kappa shape index (κ3) is 4.35. The van der Waals surface area contributed by atoms with Gasteiger partial charge in [-0.15, -0.1) is 0 Å². The second-order valence-electron chi connectivity index (χ2n) is 10.2. The van der Waals surface area contributed by atoms with Gasteiger partial charge in [-0.05, 0) is 68.7 Å². The zero-order valence-corrected chi connectivity index (χ0v) is 21.1. The van der Waals surface area contributed by atoms with Crippen LogP contribution in [0.5, 0.6) is 5.75 Å². The van der Waals surface area contributed by atoms with Crippen LogP contribution in [-0.4, -0.2) is 50.4 Å². The van der Waals surface area contributed by atoms with E-state index in [0.29, 0.717) is 0 Å². The van der Waals surface area contributed by atoms with E-state index in [9.17, 15) is 9.90 Å². The number of aliphatic hydroxyl groups is 1. The molecule has 0 bridgehead atoms. The van der Waals surface area contributed by atoms with Crippen LogP contribution in [0.1, 0.15) is 55.3 Å². The largest absolute Gasteiger partial charge is 0.494 e. The fraction of sp³-hybridized carbons (Fsp3) is 0.379. The molecule has 2 aliphatic carbocycles. The molecule has 8 heteroatoms. The van der Waals surface area contributed by atoms with E-state index in [-0.39, 0.29) is 17.9 Å². The lowest BCUT2D eigenvalue weighted by Crippen LogP contribution is -2.38. The number of aromatic amines is 1. The minimum absolute atomic E-state index is 0.0703. The average molecular weight is 498 g/mol. The van der Waals surface area contributed by atoms with Crippen molar-refractivity contribution < 1.29 is 14.6 Å². The lowest BCUT2D eigenvalue weighted by atomic mass is 9.99. The molecule has 0 radical (unpaired) electrons. The predicted molar refractivity (Wildman–Crippen MR) is 141 cm³/mol. The maximum absolute atomic E-state index is 11.8. The van der Waals surface area contributed by atoms with E-state index in [4.69, 9.17) is 14.7 Å². The van der Waals surface area contributed by atoms with Crippen LogP contribution in [0.25, 0.3) is 33.5 Å². The van der Waals surface area contributed by atoms with E-state index in [1.54, 1.807) is 7.11 Å². The average Bonchev–Trinajstić information content (AvgIpc) is 3.67. The number of aromatic nitrogens is 4. The molecular formula is C29H31N5O3. The van der Waals surface area contributed by atoms with E-state index in [1.807, 2.05) is 24.4 Å². The zero-order valence-electron chi connectivity index (χ0n) is 21.1. The Bertz CT molecular complexity index is 1460. The molecule has 0 saturated heterocycles. The summed E-state index contributed by atoms with van der Waals surface area (Å²) in [6, 6.07) is 12.6. The number of ether oxygens (including phenoxy) is 1. The highest BCUT2D eigenvalue weighted by Crippen LogP contribution is 2.39. The van der Waals surface area contributed by atoms with Crippen LogP contribution in [-0.2, 0) is 17.6 Å². The van der Waals surface area contributed by atoms with Crippen LogP contribution < -0.4 is 10.1 Å². The number of carbonyl (C=O) groups excluding carboxylic acids is 1. The number of hydrogen-bond acceptors (Lipinski definition) is 6. The third-order valence-corrected chi connectivity index (χ3v) is 7.76. The first-order chi connectivity index (χ1) is 18.0. The smallest absolute Gasteiger partial charge is 0.248 e.